The standard InChI is InChI=1S/C17H16ClN5O3/c1-9-14-13(15-20-16(21-26-15)17(2,3)25-4)19-8-22(14)11-6-5-10(18)7-12(11)23(9)24/h5-8H,1-4H3. The molecule has 0 spiro atoms. The minimum Gasteiger partial charge on any atom is -0.618 e. The number of hydrogen-bond acceptors (Lipinski definition) is 6. The molecule has 4 aromatic rings. The topological polar surface area (TPSA) is 92.4 Å². The van der Waals surface area contributed by atoms with Crippen LogP contribution in [0.15, 0.2) is 29.0 Å². The number of benzene rings is 1. The molecule has 4 rings (SSSR count). The van der Waals surface area contributed by atoms with E-state index in [4.69, 9.17) is 20.9 Å². The highest BCUT2D eigenvalue weighted by Gasteiger charge is 2.29. The van der Waals surface area contributed by atoms with Crippen molar-refractivity contribution in [3.63, 3.8) is 0 Å². The van der Waals surface area contributed by atoms with Gasteiger partial charge in [0.1, 0.15) is 23.0 Å². The minimum absolute atomic E-state index is 0.226. The van der Waals surface area contributed by atoms with E-state index in [9.17, 15) is 5.21 Å². The van der Waals surface area contributed by atoms with E-state index in [0.29, 0.717) is 38.8 Å². The first-order valence-electron chi connectivity index (χ1n) is 7.91. The Morgan fingerprint density at radius 2 is 2.12 bits per heavy atom. The Hall–Kier alpha value is -2.71. The number of methoxy groups -OCH3 is 1. The Kier molecular flexibility index (Phi) is 3.64. The van der Waals surface area contributed by atoms with Gasteiger partial charge in [0.2, 0.25) is 17.0 Å². The van der Waals surface area contributed by atoms with Crippen molar-refractivity contribution in [1.29, 1.82) is 0 Å². The third-order valence-corrected chi connectivity index (χ3v) is 4.74. The van der Waals surface area contributed by atoms with Crippen LogP contribution in [0.2, 0.25) is 5.02 Å². The van der Waals surface area contributed by atoms with Gasteiger partial charge in [-0.1, -0.05) is 16.8 Å². The lowest BCUT2D eigenvalue weighted by molar-refractivity contribution is -0.583. The molecule has 0 aliphatic rings. The van der Waals surface area contributed by atoms with E-state index in [1.54, 1.807) is 38.6 Å². The molecule has 0 N–H and O–H groups in total. The summed E-state index contributed by atoms with van der Waals surface area (Å²) in [6.07, 6.45) is 1.62. The quantitative estimate of drug-likeness (QED) is 0.405. The van der Waals surface area contributed by atoms with Crippen molar-refractivity contribution in [3.8, 4) is 11.6 Å². The van der Waals surface area contributed by atoms with Crippen LogP contribution in [0.5, 0.6) is 0 Å². The van der Waals surface area contributed by atoms with E-state index >= 15 is 0 Å². The van der Waals surface area contributed by atoms with E-state index in [1.165, 1.54) is 0 Å². The number of nitrogens with zero attached hydrogens (tertiary/aromatic N) is 5. The maximum Gasteiger partial charge on any atom is 0.279 e. The molecule has 0 saturated carbocycles. The van der Waals surface area contributed by atoms with Gasteiger partial charge in [0.15, 0.2) is 5.69 Å². The van der Waals surface area contributed by atoms with Gasteiger partial charge in [0.25, 0.3) is 5.89 Å². The summed E-state index contributed by atoms with van der Waals surface area (Å²) >= 11 is 6.03. The van der Waals surface area contributed by atoms with E-state index in [0.717, 1.165) is 4.73 Å². The van der Waals surface area contributed by atoms with Crippen molar-refractivity contribution in [2.75, 3.05) is 7.11 Å². The van der Waals surface area contributed by atoms with Crippen molar-refractivity contribution in [2.24, 2.45) is 0 Å². The minimum atomic E-state index is -0.700. The monoisotopic (exact) mass is 373 g/mol. The first-order chi connectivity index (χ1) is 12.3. The number of rotatable bonds is 3. The lowest BCUT2D eigenvalue weighted by atomic mass is 10.1. The van der Waals surface area contributed by atoms with Gasteiger partial charge >= 0.3 is 0 Å². The Bertz CT molecular complexity index is 1150. The van der Waals surface area contributed by atoms with Gasteiger partial charge in [-0.05, 0) is 26.0 Å². The summed E-state index contributed by atoms with van der Waals surface area (Å²) in [5.41, 5.74) is 1.93. The van der Waals surface area contributed by atoms with Crippen molar-refractivity contribution >= 4 is 28.2 Å². The fourth-order valence-electron chi connectivity index (χ4n) is 2.83. The lowest BCUT2D eigenvalue weighted by Gasteiger charge is -2.17. The van der Waals surface area contributed by atoms with Crippen molar-refractivity contribution in [3.05, 3.63) is 46.3 Å². The van der Waals surface area contributed by atoms with E-state index in [-0.39, 0.29) is 5.89 Å². The fraction of sp³-hybridized carbons (Fsp3) is 0.294. The first kappa shape index (κ1) is 16.7. The molecule has 0 radical (unpaired) electrons. The van der Waals surface area contributed by atoms with Crippen LogP contribution < -0.4 is 4.73 Å². The van der Waals surface area contributed by atoms with Crippen molar-refractivity contribution < 1.29 is 14.0 Å². The number of aryl methyl sites for hydroxylation is 1. The van der Waals surface area contributed by atoms with E-state index < -0.39 is 5.60 Å². The molecule has 3 heterocycles. The third-order valence-electron chi connectivity index (χ3n) is 4.51. The lowest BCUT2D eigenvalue weighted by Crippen LogP contribution is -2.32. The molecule has 9 heteroatoms. The van der Waals surface area contributed by atoms with Gasteiger partial charge in [-0.3, -0.25) is 4.40 Å². The molecule has 0 aliphatic carbocycles. The Balaban J connectivity index is 1.99. The van der Waals surface area contributed by atoms with Crippen LogP contribution in [-0.2, 0) is 10.3 Å². The fourth-order valence-corrected chi connectivity index (χ4v) is 2.99. The van der Waals surface area contributed by atoms with Gasteiger partial charge in [-0.15, -0.1) is 0 Å². The number of ether oxygens (including phenoxy) is 1. The highest BCUT2D eigenvalue weighted by atomic mass is 35.5. The first-order valence-corrected chi connectivity index (χ1v) is 8.29. The summed E-state index contributed by atoms with van der Waals surface area (Å²) in [5, 5.41) is 17.2. The molecule has 0 atom stereocenters. The number of halogens is 1. The van der Waals surface area contributed by atoms with Gasteiger partial charge in [0.05, 0.1) is 0 Å². The molecule has 3 aromatic heterocycles. The second-order valence-corrected chi connectivity index (χ2v) is 6.90. The summed E-state index contributed by atoms with van der Waals surface area (Å²) in [7, 11) is 1.57. The van der Waals surface area contributed by atoms with Crippen molar-refractivity contribution in [2.45, 2.75) is 26.4 Å². The predicted octanol–water partition coefficient (Wildman–Crippen LogP) is 3.01. The predicted molar refractivity (Wildman–Crippen MR) is 94.7 cm³/mol. The van der Waals surface area contributed by atoms with Crippen LogP contribution in [0.3, 0.4) is 0 Å². The molecule has 26 heavy (non-hydrogen) atoms. The molecular formula is C17H16ClN5O3. The zero-order chi connectivity index (χ0) is 18.6. The molecule has 0 saturated heterocycles. The summed E-state index contributed by atoms with van der Waals surface area (Å²) in [6, 6.07) is 5.13. The second-order valence-electron chi connectivity index (χ2n) is 6.46. The van der Waals surface area contributed by atoms with Crippen LogP contribution >= 0.6 is 11.6 Å². The SMILES string of the molecule is COC(C)(C)c1noc(-c2ncn3c2c(C)[n+]([O-])c2cc(Cl)ccc23)n1. The maximum atomic E-state index is 12.7. The highest BCUT2D eigenvalue weighted by Crippen LogP contribution is 2.29. The van der Waals surface area contributed by atoms with Gasteiger partial charge in [-0.25, -0.2) is 4.98 Å². The van der Waals surface area contributed by atoms with Crippen LogP contribution in [0.25, 0.3) is 28.1 Å². The second kappa shape index (κ2) is 5.65. The van der Waals surface area contributed by atoms with Crippen LogP contribution in [0, 0.1) is 12.1 Å². The molecule has 0 fully saturated rings. The molecule has 0 unspecified atom stereocenters. The van der Waals surface area contributed by atoms with Gasteiger partial charge < -0.3 is 14.5 Å². The molecule has 8 nitrogen and oxygen atoms in total. The Labute approximate surface area is 153 Å². The molecule has 134 valence electrons. The van der Waals surface area contributed by atoms with E-state index in [2.05, 4.69) is 15.1 Å². The van der Waals surface area contributed by atoms with E-state index in [1.807, 2.05) is 18.2 Å². The maximum absolute atomic E-state index is 12.7. The summed E-state index contributed by atoms with van der Waals surface area (Å²) in [5.74, 6) is 0.625. The Morgan fingerprint density at radius 3 is 2.85 bits per heavy atom. The summed E-state index contributed by atoms with van der Waals surface area (Å²) in [4.78, 5) is 8.80. The number of fused-ring (bicyclic) bond motifs is 3. The zero-order valence-electron chi connectivity index (χ0n) is 14.6. The number of aromatic nitrogens is 5. The van der Waals surface area contributed by atoms with Gasteiger partial charge in [-0.2, -0.15) is 9.71 Å². The molecule has 0 amide bonds. The largest absolute Gasteiger partial charge is 0.618 e. The summed E-state index contributed by atoms with van der Waals surface area (Å²) in [6.45, 7) is 5.38. The zero-order valence-corrected chi connectivity index (χ0v) is 15.4. The van der Waals surface area contributed by atoms with Crippen LogP contribution in [0.4, 0.5) is 0 Å². The van der Waals surface area contributed by atoms with Gasteiger partial charge in [0, 0.05) is 25.1 Å². The smallest absolute Gasteiger partial charge is 0.279 e. The summed E-state index contributed by atoms with van der Waals surface area (Å²) < 4.78 is 13.4. The third kappa shape index (κ3) is 2.33. The average molecular weight is 374 g/mol. The molecule has 0 aliphatic heterocycles. The number of hydrogen-bond donors (Lipinski definition) is 0. The number of imidazole rings is 1. The highest BCUT2D eigenvalue weighted by molar-refractivity contribution is 6.31. The van der Waals surface area contributed by atoms with Crippen LogP contribution in [0.1, 0.15) is 25.4 Å². The van der Waals surface area contributed by atoms with Crippen LogP contribution in [-0.4, -0.2) is 26.6 Å². The average Bonchev–Trinajstić information content (AvgIpc) is 3.26. The molecule has 1 aromatic carbocycles. The molecule has 0 bridgehead atoms. The molecular weight excluding hydrogens is 358 g/mol. The normalized spacial score (nSPS) is 12.3. The Morgan fingerprint density at radius 1 is 1.35 bits per heavy atom. The van der Waals surface area contributed by atoms with Crippen molar-refractivity contribution in [1.82, 2.24) is 19.5 Å².